The number of ether oxygens (including phenoxy) is 2. The molecule has 3 heterocycles. The smallest absolute Gasteiger partial charge is 0.261 e. The molecule has 0 unspecified atom stereocenters. The third kappa shape index (κ3) is 3.38. The number of thiophene rings is 1. The summed E-state index contributed by atoms with van der Waals surface area (Å²) in [6.45, 7) is 1.04. The van der Waals surface area contributed by atoms with Crippen LogP contribution in [-0.2, 0) is 11.3 Å². The Morgan fingerprint density at radius 2 is 2.32 bits per heavy atom. The lowest BCUT2D eigenvalue weighted by Crippen LogP contribution is -2.21. The van der Waals surface area contributed by atoms with Gasteiger partial charge in [0.05, 0.1) is 24.6 Å². The second-order valence-corrected chi connectivity index (χ2v) is 6.94. The van der Waals surface area contributed by atoms with Crippen molar-refractivity contribution < 1.29 is 18.7 Å². The highest BCUT2D eigenvalue weighted by Gasteiger charge is 2.21. The number of methoxy groups -OCH3 is 1. The number of aromatic nitrogens is 1. The van der Waals surface area contributed by atoms with Crippen LogP contribution in [0.3, 0.4) is 0 Å². The van der Waals surface area contributed by atoms with E-state index in [4.69, 9.17) is 13.9 Å². The molecule has 1 amide bonds. The minimum Gasteiger partial charge on any atom is -0.497 e. The van der Waals surface area contributed by atoms with Crippen molar-refractivity contribution in [2.24, 2.45) is 0 Å². The minimum atomic E-state index is -0.130. The standard InChI is InChI=1S/C18H18N2O4S/c1-22-11-4-5-13-12(9-11)20-17(24-13)10-19-18(21)16-7-6-15(25-16)14-3-2-8-23-14/h4-7,9,14H,2-3,8,10H2,1H3,(H,19,21)/t14-/m0/s1. The predicted molar refractivity (Wildman–Crippen MR) is 94.0 cm³/mol. The summed E-state index contributed by atoms with van der Waals surface area (Å²) in [6, 6.07) is 9.24. The molecule has 6 nitrogen and oxygen atoms in total. The number of oxazole rings is 1. The number of hydrogen-bond donors (Lipinski definition) is 1. The SMILES string of the molecule is COc1ccc2oc(CNC(=O)c3ccc([C@@H]4CCCO4)s3)nc2c1. The van der Waals surface area contributed by atoms with Crippen molar-refractivity contribution in [1.82, 2.24) is 10.3 Å². The molecule has 0 bridgehead atoms. The Morgan fingerprint density at radius 1 is 1.40 bits per heavy atom. The Labute approximate surface area is 148 Å². The number of nitrogens with zero attached hydrogens (tertiary/aromatic N) is 1. The highest BCUT2D eigenvalue weighted by Crippen LogP contribution is 2.33. The van der Waals surface area contributed by atoms with E-state index in [-0.39, 0.29) is 18.6 Å². The number of amides is 1. The van der Waals surface area contributed by atoms with Gasteiger partial charge in [-0.05, 0) is 37.1 Å². The van der Waals surface area contributed by atoms with Gasteiger partial charge in [-0.1, -0.05) is 0 Å². The first-order chi connectivity index (χ1) is 12.2. The van der Waals surface area contributed by atoms with E-state index in [0.29, 0.717) is 21.9 Å². The second-order valence-electron chi connectivity index (χ2n) is 5.83. The molecule has 1 aliphatic heterocycles. The molecule has 2 aromatic heterocycles. The van der Waals surface area contributed by atoms with Crippen LogP contribution in [-0.4, -0.2) is 24.6 Å². The monoisotopic (exact) mass is 358 g/mol. The molecule has 1 saturated heterocycles. The molecule has 3 aromatic rings. The second kappa shape index (κ2) is 6.85. The van der Waals surface area contributed by atoms with Gasteiger partial charge in [0.15, 0.2) is 5.58 Å². The minimum absolute atomic E-state index is 0.130. The largest absolute Gasteiger partial charge is 0.497 e. The molecule has 1 aromatic carbocycles. The first-order valence-electron chi connectivity index (χ1n) is 8.16. The van der Waals surface area contributed by atoms with Gasteiger partial charge < -0.3 is 19.2 Å². The van der Waals surface area contributed by atoms with Crippen molar-refractivity contribution in [3.63, 3.8) is 0 Å². The Bertz CT molecular complexity index is 896. The molecule has 4 rings (SSSR count). The fourth-order valence-electron chi connectivity index (χ4n) is 2.85. The zero-order valence-electron chi connectivity index (χ0n) is 13.8. The van der Waals surface area contributed by atoms with E-state index in [0.717, 1.165) is 30.1 Å². The van der Waals surface area contributed by atoms with Crippen LogP contribution in [0.2, 0.25) is 0 Å². The quantitative estimate of drug-likeness (QED) is 0.753. The van der Waals surface area contributed by atoms with Crippen LogP contribution >= 0.6 is 11.3 Å². The molecule has 0 aliphatic carbocycles. The van der Waals surface area contributed by atoms with Crippen molar-refractivity contribution >= 4 is 28.3 Å². The van der Waals surface area contributed by atoms with Gasteiger partial charge in [-0.2, -0.15) is 0 Å². The van der Waals surface area contributed by atoms with E-state index in [1.807, 2.05) is 18.2 Å². The summed E-state index contributed by atoms with van der Waals surface area (Å²) in [5, 5.41) is 2.85. The molecule has 1 aliphatic rings. The van der Waals surface area contributed by atoms with E-state index in [2.05, 4.69) is 10.3 Å². The lowest BCUT2D eigenvalue weighted by Gasteiger charge is -2.05. The zero-order chi connectivity index (χ0) is 17.2. The van der Waals surface area contributed by atoms with Crippen molar-refractivity contribution in [1.29, 1.82) is 0 Å². The highest BCUT2D eigenvalue weighted by atomic mass is 32.1. The molecule has 1 N–H and O–H groups in total. The summed E-state index contributed by atoms with van der Waals surface area (Å²) in [4.78, 5) is 18.5. The molecule has 0 spiro atoms. The van der Waals surface area contributed by atoms with Gasteiger partial charge in [0, 0.05) is 17.6 Å². The Kier molecular flexibility index (Phi) is 4.42. The number of fused-ring (bicyclic) bond motifs is 1. The molecule has 1 fully saturated rings. The van der Waals surface area contributed by atoms with Gasteiger partial charge in [-0.25, -0.2) is 4.98 Å². The molecule has 0 saturated carbocycles. The Hall–Kier alpha value is -2.38. The number of rotatable bonds is 5. The Balaban J connectivity index is 1.41. The lowest BCUT2D eigenvalue weighted by atomic mass is 10.2. The maximum Gasteiger partial charge on any atom is 0.261 e. The van der Waals surface area contributed by atoms with Crippen LogP contribution in [0.4, 0.5) is 0 Å². The van der Waals surface area contributed by atoms with Gasteiger partial charge in [0.1, 0.15) is 11.3 Å². The van der Waals surface area contributed by atoms with Crippen LogP contribution in [0, 0.1) is 0 Å². The van der Waals surface area contributed by atoms with Crippen LogP contribution in [0.1, 0.15) is 39.4 Å². The third-order valence-electron chi connectivity index (χ3n) is 4.14. The lowest BCUT2D eigenvalue weighted by molar-refractivity contribution is 0.0951. The number of hydrogen-bond acceptors (Lipinski definition) is 6. The number of carbonyl (C=O) groups is 1. The summed E-state index contributed by atoms with van der Waals surface area (Å²) in [7, 11) is 1.61. The van der Waals surface area contributed by atoms with Gasteiger partial charge in [-0.3, -0.25) is 4.79 Å². The summed E-state index contributed by atoms with van der Waals surface area (Å²) in [6.07, 6.45) is 2.24. The normalized spacial score (nSPS) is 17.1. The van der Waals surface area contributed by atoms with E-state index < -0.39 is 0 Å². The van der Waals surface area contributed by atoms with Crippen molar-refractivity contribution in [2.75, 3.05) is 13.7 Å². The van der Waals surface area contributed by atoms with Gasteiger partial charge in [0.2, 0.25) is 5.89 Å². The van der Waals surface area contributed by atoms with E-state index in [9.17, 15) is 4.79 Å². The number of carbonyl (C=O) groups excluding carboxylic acids is 1. The Morgan fingerprint density at radius 3 is 3.12 bits per heavy atom. The number of nitrogens with one attached hydrogen (secondary N) is 1. The van der Waals surface area contributed by atoms with Crippen LogP contribution in [0.15, 0.2) is 34.7 Å². The molecular formula is C18H18N2O4S. The first kappa shape index (κ1) is 16.1. The fraction of sp³-hybridized carbons (Fsp3) is 0.333. The summed E-state index contributed by atoms with van der Waals surface area (Å²) < 4.78 is 16.5. The topological polar surface area (TPSA) is 73.6 Å². The third-order valence-corrected chi connectivity index (χ3v) is 5.31. The van der Waals surface area contributed by atoms with Crippen molar-refractivity contribution in [2.45, 2.75) is 25.5 Å². The van der Waals surface area contributed by atoms with Gasteiger partial charge in [-0.15, -0.1) is 11.3 Å². The number of benzene rings is 1. The first-order valence-corrected chi connectivity index (χ1v) is 8.97. The van der Waals surface area contributed by atoms with Crippen LogP contribution in [0.5, 0.6) is 5.75 Å². The van der Waals surface area contributed by atoms with E-state index in [1.165, 1.54) is 11.3 Å². The van der Waals surface area contributed by atoms with Crippen molar-refractivity contribution in [3.8, 4) is 5.75 Å². The molecule has 7 heteroatoms. The summed E-state index contributed by atoms with van der Waals surface area (Å²) in [5.74, 6) is 1.05. The van der Waals surface area contributed by atoms with E-state index >= 15 is 0 Å². The van der Waals surface area contributed by atoms with E-state index in [1.54, 1.807) is 19.2 Å². The summed E-state index contributed by atoms with van der Waals surface area (Å²) in [5.41, 5.74) is 1.38. The summed E-state index contributed by atoms with van der Waals surface area (Å²) >= 11 is 1.48. The van der Waals surface area contributed by atoms with Gasteiger partial charge in [0.25, 0.3) is 5.91 Å². The maximum atomic E-state index is 12.3. The zero-order valence-corrected chi connectivity index (χ0v) is 14.6. The van der Waals surface area contributed by atoms with Crippen LogP contribution in [0.25, 0.3) is 11.1 Å². The van der Waals surface area contributed by atoms with Crippen molar-refractivity contribution in [3.05, 3.63) is 46.0 Å². The van der Waals surface area contributed by atoms with Crippen LogP contribution < -0.4 is 10.1 Å². The molecule has 25 heavy (non-hydrogen) atoms. The van der Waals surface area contributed by atoms with Gasteiger partial charge >= 0.3 is 0 Å². The predicted octanol–water partition coefficient (Wildman–Crippen LogP) is 3.68. The maximum absolute atomic E-state index is 12.3. The molecule has 130 valence electrons. The highest BCUT2D eigenvalue weighted by molar-refractivity contribution is 7.14. The fourth-order valence-corrected chi connectivity index (χ4v) is 3.86. The molecule has 0 radical (unpaired) electrons. The average molecular weight is 358 g/mol. The average Bonchev–Trinajstić information content (AvgIpc) is 3.38. The molecular weight excluding hydrogens is 340 g/mol. The molecule has 1 atom stereocenters.